The second-order valence-corrected chi connectivity index (χ2v) is 11.9. The minimum absolute atomic E-state index is 0.725. The first kappa shape index (κ1) is 29.1. The molecule has 0 fully saturated rings. The zero-order chi connectivity index (χ0) is 21.8. The van der Waals surface area contributed by atoms with Crippen LogP contribution in [0.5, 0.6) is 0 Å². The smallest absolute Gasteiger partial charge is 0.377 e. The minimum atomic E-state index is -2.38. The van der Waals surface area contributed by atoms with E-state index >= 15 is 0 Å². The predicted molar refractivity (Wildman–Crippen MR) is 129 cm³/mol. The van der Waals surface area contributed by atoms with Crippen molar-refractivity contribution in [2.75, 3.05) is 35.4 Å². The van der Waals surface area contributed by atoms with E-state index in [2.05, 4.69) is 25.9 Å². The van der Waals surface area contributed by atoms with E-state index in [1.165, 1.54) is 96.3 Å². The van der Waals surface area contributed by atoms with Crippen molar-refractivity contribution in [3.05, 3.63) is 0 Å². The lowest BCUT2D eigenvalue weighted by molar-refractivity contribution is 0.122. The average molecular weight is 432 g/mol. The molecule has 0 heterocycles. The molecule has 0 N–H and O–H groups in total. The molecule has 5 heteroatoms. The minimum Gasteiger partial charge on any atom is -0.377 e. The third-order valence-corrected chi connectivity index (χ3v) is 9.16. The molecule has 1 unspecified atom stereocenters. The molecule has 0 aliphatic heterocycles. The van der Waals surface area contributed by atoms with E-state index in [9.17, 15) is 0 Å². The van der Waals surface area contributed by atoms with Gasteiger partial charge in [0.15, 0.2) is 0 Å². The summed E-state index contributed by atoms with van der Waals surface area (Å²) in [6, 6.07) is 1.64. The fraction of sp³-hybridized carbons (Fsp3) is 1.00. The summed E-state index contributed by atoms with van der Waals surface area (Å²) in [7, 11) is 7.21. The highest BCUT2D eigenvalue weighted by atomic mass is 28.4. The Morgan fingerprint density at radius 3 is 1.34 bits per heavy atom. The highest BCUT2D eigenvalue weighted by Crippen LogP contribution is 2.20. The van der Waals surface area contributed by atoms with E-state index in [-0.39, 0.29) is 0 Å². The number of rotatable bonds is 22. The SMILES string of the molecule is CCCCCCCCCCCCCC(CCCCC[Si](OC)(OC)OC)N(C)C. The molecule has 0 aliphatic carbocycles. The lowest BCUT2D eigenvalue weighted by atomic mass is 10.00. The first-order chi connectivity index (χ1) is 14.0. The molecule has 0 aromatic rings. The van der Waals surface area contributed by atoms with Crippen LogP contribution in [0.15, 0.2) is 0 Å². The summed E-state index contributed by atoms with van der Waals surface area (Å²) in [6.45, 7) is 2.29. The Bertz CT molecular complexity index is 330. The molecule has 176 valence electrons. The van der Waals surface area contributed by atoms with Crippen LogP contribution in [0.1, 0.15) is 110 Å². The van der Waals surface area contributed by atoms with Crippen LogP contribution < -0.4 is 0 Å². The van der Waals surface area contributed by atoms with Crippen molar-refractivity contribution in [1.29, 1.82) is 0 Å². The molecule has 4 nitrogen and oxygen atoms in total. The molecule has 29 heavy (non-hydrogen) atoms. The quantitative estimate of drug-likeness (QED) is 0.136. The number of hydrogen-bond donors (Lipinski definition) is 0. The van der Waals surface area contributed by atoms with Gasteiger partial charge in [-0.05, 0) is 33.4 Å². The molecule has 0 amide bonds. The van der Waals surface area contributed by atoms with Crippen LogP contribution in [0.2, 0.25) is 6.04 Å². The van der Waals surface area contributed by atoms with Crippen LogP contribution in [0.4, 0.5) is 0 Å². The lowest BCUT2D eigenvalue weighted by Gasteiger charge is -2.25. The van der Waals surface area contributed by atoms with Crippen LogP contribution >= 0.6 is 0 Å². The number of nitrogens with zero attached hydrogens (tertiary/aromatic N) is 1. The van der Waals surface area contributed by atoms with Gasteiger partial charge in [0.1, 0.15) is 0 Å². The van der Waals surface area contributed by atoms with E-state index in [0.29, 0.717) is 0 Å². The second kappa shape index (κ2) is 20.0. The Labute approximate surface area is 184 Å². The summed E-state index contributed by atoms with van der Waals surface area (Å²) in [5.74, 6) is 0. The summed E-state index contributed by atoms with van der Waals surface area (Å²) in [5, 5.41) is 0. The highest BCUT2D eigenvalue weighted by Gasteiger charge is 2.36. The number of unbranched alkanes of at least 4 members (excludes halogenated alkanes) is 12. The van der Waals surface area contributed by atoms with Crippen molar-refractivity contribution in [3.8, 4) is 0 Å². The Morgan fingerprint density at radius 1 is 0.586 bits per heavy atom. The maximum absolute atomic E-state index is 5.51. The van der Waals surface area contributed by atoms with Crippen LogP contribution in [0, 0.1) is 0 Å². The molecule has 0 aliphatic rings. The fourth-order valence-electron chi connectivity index (χ4n) is 4.16. The standard InChI is InChI=1S/C24H53NO3Si/c1-7-8-9-10-11-12-13-14-15-16-18-21-24(25(2)3)22-19-17-20-23-29(26-4,27-5)28-6/h24H,7-23H2,1-6H3. The third-order valence-electron chi connectivity index (χ3n) is 6.32. The third kappa shape index (κ3) is 15.5. The van der Waals surface area contributed by atoms with Gasteiger partial charge in [0.05, 0.1) is 0 Å². The van der Waals surface area contributed by atoms with Gasteiger partial charge in [0, 0.05) is 33.4 Å². The van der Waals surface area contributed by atoms with Crippen LogP contribution in [-0.2, 0) is 13.3 Å². The summed E-state index contributed by atoms with van der Waals surface area (Å²) in [5.41, 5.74) is 0. The van der Waals surface area contributed by atoms with Crippen molar-refractivity contribution in [2.24, 2.45) is 0 Å². The maximum atomic E-state index is 5.51. The van der Waals surface area contributed by atoms with Gasteiger partial charge in [-0.3, -0.25) is 0 Å². The molecule has 0 saturated carbocycles. The normalized spacial score (nSPS) is 13.3. The van der Waals surface area contributed by atoms with Gasteiger partial charge in [-0.25, -0.2) is 0 Å². The topological polar surface area (TPSA) is 30.9 Å². The maximum Gasteiger partial charge on any atom is 0.500 e. The van der Waals surface area contributed by atoms with Gasteiger partial charge >= 0.3 is 8.80 Å². The van der Waals surface area contributed by atoms with Crippen molar-refractivity contribution in [1.82, 2.24) is 4.90 Å². The fourth-order valence-corrected chi connectivity index (χ4v) is 5.95. The van der Waals surface area contributed by atoms with E-state index in [1.54, 1.807) is 21.3 Å². The molecule has 0 aromatic heterocycles. The molecule has 0 saturated heterocycles. The number of hydrogen-bond acceptors (Lipinski definition) is 4. The molecule has 0 radical (unpaired) electrons. The van der Waals surface area contributed by atoms with E-state index in [1.807, 2.05) is 0 Å². The summed E-state index contributed by atoms with van der Waals surface area (Å²) < 4.78 is 16.5. The zero-order valence-electron chi connectivity index (χ0n) is 20.8. The molecular formula is C24H53NO3Si. The van der Waals surface area contributed by atoms with Gasteiger partial charge in [0.2, 0.25) is 0 Å². The Balaban J connectivity index is 3.70. The summed E-state index contributed by atoms with van der Waals surface area (Å²) in [6.07, 6.45) is 21.9. The van der Waals surface area contributed by atoms with Gasteiger partial charge in [-0.15, -0.1) is 0 Å². The largest absolute Gasteiger partial charge is 0.500 e. The monoisotopic (exact) mass is 431 g/mol. The summed E-state index contributed by atoms with van der Waals surface area (Å²) in [4.78, 5) is 2.43. The van der Waals surface area contributed by atoms with Crippen molar-refractivity contribution in [2.45, 2.75) is 122 Å². The van der Waals surface area contributed by atoms with Gasteiger partial charge < -0.3 is 18.2 Å². The molecular weight excluding hydrogens is 378 g/mol. The predicted octanol–water partition coefficient (Wildman–Crippen LogP) is 7.06. The van der Waals surface area contributed by atoms with Crippen LogP contribution in [-0.4, -0.2) is 55.2 Å². The Morgan fingerprint density at radius 2 is 0.966 bits per heavy atom. The average Bonchev–Trinajstić information content (AvgIpc) is 2.73. The summed E-state index contributed by atoms with van der Waals surface area (Å²) >= 11 is 0. The van der Waals surface area contributed by atoms with Crippen molar-refractivity contribution in [3.63, 3.8) is 0 Å². The Hall–Kier alpha value is 0.0569. The lowest BCUT2D eigenvalue weighted by Crippen LogP contribution is -2.42. The van der Waals surface area contributed by atoms with Crippen molar-refractivity contribution < 1.29 is 13.3 Å². The second-order valence-electron chi connectivity index (χ2n) is 8.84. The highest BCUT2D eigenvalue weighted by molar-refractivity contribution is 6.60. The molecule has 0 bridgehead atoms. The van der Waals surface area contributed by atoms with Gasteiger partial charge in [-0.2, -0.15) is 0 Å². The first-order valence-corrected chi connectivity index (χ1v) is 14.3. The first-order valence-electron chi connectivity index (χ1n) is 12.4. The Kier molecular flexibility index (Phi) is 20.0. The van der Waals surface area contributed by atoms with E-state index in [0.717, 1.165) is 18.5 Å². The van der Waals surface area contributed by atoms with E-state index in [4.69, 9.17) is 13.3 Å². The molecule has 0 aromatic carbocycles. The molecule has 1 atom stereocenters. The van der Waals surface area contributed by atoms with Gasteiger partial charge in [0.25, 0.3) is 0 Å². The van der Waals surface area contributed by atoms with Crippen LogP contribution in [0.25, 0.3) is 0 Å². The molecule has 0 spiro atoms. The van der Waals surface area contributed by atoms with Crippen molar-refractivity contribution >= 4 is 8.80 Å². The van der Waals surface area contributed by atoms with E-state index < -0.39 is 8.80 Å². The van der Waals surface area contributed by atoms with Crippen LogP contribution in [0.3, 0.4) is 0 Å². The molecule has 0 rings (SSSR count). The van der Waals surface area contributed by atoms with Gasteiger partial charge in [-0.1, -0.05) is 90.4 Å². The zero-order valence-corrected chi connectivity index (χ0v) is 21.8.